The first-order valence-corrected chi connectivity index (χ1v) is 7.76. The lowest BCUT2D eigenvalue weighted by atomic mass is 10.1. The largest absolute Gasteiger partial charge is 0.454 e. The molecule has 6 heteroatoms. The van der Waals surface area contributed by atoms with Gasteiger partial charge in [0.1, 0.15) is 0 Å². The summed E-state index contributed by atoms with van der Waals surface area (Å²) in [6.07, 6.45) is 1.25. The van der Waals surface area contributed by atoms with Gasteiger partial charge >= 0.3 is 0 Å². The summed E-state index contributed by atoms with van der Waals surface area (Å²) in [6, 6.07) is 6.00. The molecule has 0 amide bonds. The molecule has 1 saturated heterocycles. The van der Waals surface area contributed by atoms with Gasteiger partial charge in [0.05, 0.1) is 0 Å². The molecule has 0 radical (unpaired) electrons. The molecule has 22 heavy (non-hydrogen) atoms. The predicted molar refractivity (Wildman–Crippen MR) is 86.4 cm³/mol. The van der Waals surface area contributed by atoms with Crippen LogP contribution in [0, 0.1) is 5.92 Å². The van der Waals surface area contributed by atoms with Gasteiger partial charge in [-0.1, -0.05) is 6.07 Å². The highest BCUT2D eigenvalue weighted by Gasteiger charge is 2.19. The highest BCUT2D eigenvalue weighted by Crippen LogP contribution is 2.32. The van der Waals surface area contributed by atoms with Gasteiger partial charge in [0.15, 0.2) is 17.5 Å². The molecule has 2 aliphatic heterocycles. The molecule has 1 fully saturated rings. The molecule has 6 nitrogen and oxygen atoms in total. The average Bonchev–Trinajstić information content (AvgIpc) is 3.15. The Bertz CT molecular complexity index is 547. The molecule has 1 aromatic carbocycles. The van der Waals surface area contributed by atoms with Crippen molar-refractivity contribution < 1.29 is 9.47 Å². The molecule has 3 rings (SSSR count). The normalized spacial score (nSPS) is 21.2. The third-order valence-corrected chi connectivity index (χ3v) is 4.17. The Morgan fingerprint density at radius 1 is 1.32 bits per heavy atom. The fraction of sp³-hybridized carbons (Fsp3) is 0.562. The van der Waals surface area contributed by atoms with E-state index in [9.17, 15) is 0 Å². The van der Waals surface area contributed by atoms with E-state index in [0.29, 0.717) is 19.3 Å². The molecule has 1 atom stereocenters. The van der Waals surface area contributed by atoms with Crippen LogP contribution in [0.15, 0.2) is 23.2 Å². The van der Waals surface area contributed by atoms with Gasteiger partial charge in [0.25, 0.3) is 0 Å². The van der Waals surface area contributed by atoms with Gasteiger partial charge in [0.2, 0.25) is 6.79 Å². The zero-order valence-electron chi connectivity index (χ0n) is 13.3. The first-order valence-electron chi connectivity index (χ1n) is 7.76. The second-order valence-electron chi connectivity index (χ2n) is 5.91. The highest BCUT2D eigenvalue weighted by molar-refractivity contribution is 5.79. The van der Waals surface area contributed by atoms with Crippen LogP contribution >= 0.6 is 0 Å². The molecule has 2 heterocycles. The zero-order chi connectivity index (χ0) is 15.4. The summed E-state index contributed by atoms with van der Waals surface area (Å²) in [4.78, 5) is 6.65. The fourth-order valence-electron chi connectivity index (χ4n) is 2.89. The number of rotatable bonds is 4. The third-order valence-electron chi connectivity index (χ3n) is 4.17. The predicted octanol–water partition coefficient (Wildman–Crippen LogP) is 1.03. The number of fused-ring (bicyclic) bond motifs is 1. The summed E-state index contributed by atoms with van der Waals surface area (Å²) in [5.41, 5.74) is 1.15. The number of guanidine groups is 1. The van der Waals surface area contributed by atoms with Gasteiger partial charge in [-0.3, -0.25) is 4.99 Å². The van der Waals surface area contributed by atoms with E-state index >= 15 is 0 Å². The molecule has 0 spiro atoms. The smallest absolute Gasteiger partial charge is 0.231 e. The van der Waals surface area contributed by atoms with Crippen molar-refractivity contribution in [3.63, 3.8) is 0 Å². The van der Waals surface area contributed by atoms with E-state index in [0.717, 1.165) is 36.1 Å². The molecule has 120 valence electrons. The van der Waals surface area contributed by atoms with Gasteiger partial charge in [0, 0.05) is 26.7 Å². The maximum atomic E-state index is 5.40. The van der Waals surface area contributed by atoms with Crippen LogP contribution in [0.3, 0.4) is 0 Å². The van der Waals surface area contributed by atoms with Crippen LogP contribution in [-0.4, -0.2) is 51.4 Å². The van der Waals surface area contributed by atoms with Crippen molar-refractivity contribution in [2.75, 3.05) is 40.5 Å². The number of hydrogen-bond donors (Lipinski definition) is 2. The summed E-state index contributed by atoms with van der Waals surface area (Å²) in [7, 11) is 3.97. The maximum absolute atomic E-state index is 5.40. The summed E-state index contributed by atoms with van der Waals surface area (Å²) in [5.74, 6) is 3.18. The minimum absolute atomic E-state index is 0.311. The lowest BCUT2D eigenvalue weighted by molar-refractivity contribution is 0.174. The minimum Gasteiger partial charge on any atom is -0.454 e. The van der Waals surface area contributed by atoms with Gasteiger partial charge in [-0.2, -0.15) is 0 Å². The topological polar surface area (TPSA) is 58.1 Å². The van der Waals surface area contributed by atoms with Crippen molar-refractivity contribution in [2.45, 2.75) is 13.0 Å². The van der Waals surface area contributed by atoms with Crippen molar-refractivity contribution in [1.29, 1.82) is 0 Å². The molecule has 1 aromatic rings. The van der Waals surface area contributed by atoms with Crippen molar-refractivity contribution in [3.05, 3.63) is 23.8 Å². The second kappa shape index (κ2) is 6.87. The molecule has 0 aromatic heterocycles. The Morgan fingerprint density at radius 3 is 2.95 bits per heavy atom. The van der Waals surface area contributed by atoms with E-state index in [4.69, 9.17) is 9.47 Å². The number of nitrogens with zero attached hydrogens (tertiary/aromatic N) is 2. The quantitative estimate of drug-likeness (QED) is 0.643. The summed E-state index contributed by atoms with van der Waals surface area (Å²) < 4.78 is 10.7. The fourth-order valence-corrected chi connectivity index (χ4v) is 2.89. The van der Waals surface area contributed by atoms with Crippen molar-refractivity contribution in [2.24, 2.45) is 10.9 Å². The van der Waals surface area contributed by atoms with E-state index in [1.54, 1.807) is 7.05 Å². The number of nitrogens with one attached hydrogen (secondary N) is 2. The molecule has 0 bridgehead atoms. The average molecular weight is 304 g/mol. The van der Waals surface area contributed by atoms with Crippen molar-refractivity contribution >= 4 is 5.96 Å². The molecule has 1 unspecified atom stereocenters. The SMILES string of the molecule is CN=C(NCc1ccc2c(c1)OCO2)NCC1CCN(C)C1. The molecule has 2 aliphatic rings. The van der Waals surface area contributed by atoms with Crippen LogP contribution in [0.4, 0.5) is 0 Å². The second-order valence-corrected chi connectivity index (χ2v) is 5.91. The summed E-state index contributed by atoms with van der Waals surface area (Å²) in [5, 5.41) is 6.75. The number of likely N-dealkylation sites (tertiary alicyclic amines) is 1. The first kappa shape index (κ1) is 15.0. The van der Waals surface area contributed by atoms with Crippen molar-refractivity contribution in [1.82, 2.24) is 15.5 Å². The lowest BCUT2D eigenvalue weighted by Crippen LogP contribution is -2.39. The van der Waals surface area contributed by atoms with E-state index in [2.05, 4.69) is 27.6 Å². The molecule has 2 N–H and O–H groups in total. The third kappa shape index (κ3) is 3.62. The van der Waals surface area contributed by atoms with E-state index in [1.165, 1.54) is 13.0 Å². The molecular weight excluding hydrogens is 280 g/mol. The number of hydrogen-bond acceptors (Lipinski definition) is 4. The van der Waals surface area contributed by atoms with Gasteiger partial charge in [-0.25, -0.2) is 0 Å². The van der Waals surface area contributed by atoms with E-state index in [-0.39, 0.29) is 0 Å². The highest BCUT2D eigenvalue weighted by atomic mass is 16.7. The van der Waals surface area contributed by atoms with Gasteiger partial charge in [-0.15, -0.1) is 0 Å². The Kier molecular flexibility index (Phi) is 4.68. The summed E-state index contributed by atoms with van der Waals surface area (Å²) >= 11 is 0. The maximum Gasteiger partial charge on any atom is 0.231 e. The Balaban J connectivity index is 1.47. The Morgan fingerprint density at radius 2 is 2.18 bits per heavy atom. The minimum atomic E-state index is 0.311. The number of benzene rings is 1. The Hall–Kier alpha value is -1.95. The molecular formula is C16H24N4O2. The van der Waals surface area contributed by atoms with E-state index < -0.39 is 0 Å². The Labute approximate surface area is 131 Å². The number of aliphatic imine (C=N–C) groups is 1. The zero-order valence-corrected chi connectivity index (χ0v) is 13.3. The van der Waals surface area contributed by atoms with Gasteiger partial charge < -0.3 is 25.0 Å². The van der Waals surface area contributed by atoms with Crippen molar-refractivity contribution in [3.8, 4) is 11.5 Å². The van der Waals surface area contributed by atoms with E-state index in [1.807, 2.05) is 18.2 Å². The number of ether oxygens (including phenoxy) is 2. The van der Waals surface area contributed by atoms with Crippen LogP contribution in [0.1, 0.15) is 12.0 Å². The monoisotopic (exact) mass is 304 g/mol. The first-order chi connectivity index (χ1) is 10.7. The van der Waals surface area contributed by atoms with Crippen LogP contribution in [-0.2, 0) is 6.54 Å². The molecule has 0 saturated carbocycles. The standard InChI is InChI=1S/C16H24N4O2/c1-17-16(19-9-13-5-6-20(2)10-13)18-8-12-3-4-14-15(7-12)22-11-21-14/h3-4,7,13H,5-6,8-11H2,1-2H3,(H2,17,18,19). The lowest BCUT2D eigenvalue weighted by Gasteiger charge is -2.15. The molecule has 0 aliphatic carbocycles. The van der Waals surface area contributed by atoms with Crippen LogP contribution in [0.5, 0.6) is 11.5 Å². The van der Waals surface area contributed by atoms with Crippen LogP contribution < -0.4 is 20.1 Å². The summed E-state index contributed by atoms with van der Waals surface area (Å²) in [6.45, 7) is 4.33. The van der Waals surface area contributed by atoms with Crippen LogP contribution in [0.2, 0.25) is 0 Å². The van der Waals surface area contributed by atoms with Gasteiger partial charge in [-0.05, 0) is 43.6 Å². The van der Waals surface area contributed by atoms with Crippen LogP contribution in [0.25, 0.3) is 0 Å².